The van der Waals surface area contributed by atoms with Crippen molar-refractivity contribution in [2.75, 3.05) is 25.6 Å². The highest BCUT2D eigenvalue weighted by Crippen LogP contribution is 2.49. The van der Waals surface area contributed by atoms with Crippen LogP contribution in [0.25, 0.3) is 0 Å². The SMILES string of the molecule is CCCCOC[C@H]1S[C@@H](n2ccc(N)nc2=O)[C@](C)(O)[C@@H]1OCCCC. The zero-order valence-electron chi connectivity index (χ0n) is 15.9. The Balaban J connectivity index is 2.19. The molecule has 2 rings (SSSR count). The summed E-state index contributed by atoms with van der Waals surface area (Å²) in [5.41, 5.74) is 3.89. The number of rotatable bonds is 10. The van der Waals surface area contributed by atoms with Gasteiger partial charge in [-0.2, -0.15) is 4.98 Å². The third kappa shape index (κ3) is 5.00. The summed E-state index contributed by atoms with van der Waals surface area (Å²) in [4.78, 5) is 16.0. The summed E-state index contributed by atoms with van der Waals surface area (Å²) < 4.78 is 13.3. The zero-order chi connectivity index (χ0) is 19.2. The molecule has 1 aliphatic heterocycles. The fourth-order valence-corrected chi connectivity index (χ4v) is 4.75. The van der Waals surface area contributed by atoms with Gasteiger partial charge in [0.1, 0.15) is 22.9 Å². The molecule has 2 heterocycles. The molecule has 0 amide bonds. The van der Waals surface area contributed by atoms with Crippen molar-refractivity contribution >= 4 is 17.6 Å². The number of hydrogen-bond donors (Lipinski definition) is 2. The van der Waals surface area contributed by atoms with Crippen LogP contribution in [-0.4, -0.2) is 51.4 Å². The third-order valence-corrected chi connectivity index (χ3v) is 6.24. The predicted octanol–water partition coefficient (Wildman–Crippen LogP) is 2.19. The molecule has 0 bridgehead atoms. The maximum absolute atomic E-state index is 12.3. The number of nitrogens with two attached hydrogens (primary N) is 1. The highest BCUT2D eigenvalue weighted by Gasteiger charge is 2.54. The molecule has 1 fully saturated rings. The smallest absolute Gasteiger partial charge is 0.350 e. The van der Waals surface area contributed by atoms with Gasteiger partial charge >= 0.3 is 5.69 Å². The van der Waals surface area contributed by atoms with E-state index in [1.165, 1.54) is 16.3 Å². The van der Waals surface area contributed by atoms with E-state index < -0.39 is 22.8 Å². The van der Waals surface area contributed by atoms with Gasteiger partial charge in [0.2, 0.25) is 0 Å². The first-order valence-corrected chi connectivity index (χ1v) is 10.3. The Morgan fingerprint density at radius 2 is 2.04 bits per heavy atom. The highest BCUT2D eigenvalue weighted by molar-refractivity contribution is 8.00. The predicted molar refractivity (Wildman–Crippen MR) is 104 cm³/mol. The van der Waals surface area contributed by atoms with Crippen LogP contribution in [0.1, 0.15) is 51.8 Å². The Bertz CT molecular complexity index is 623. The van der Waals surface area contributed by atoms with E-state index in [-0.39, 0.29) is 11.1 Å². The lowest BCUT2D eigenvalue weighted by atomic mass is 9.96. The van der Waals surface area contributed by atoms with Crippen LogP contribution in [0.5, 0.6) is 0 Å². The molecule has 1 aromatic rings. The summed E-state index contributed by atoms with van der Waals surface area (Å²) >= 11 is 1.50. The number of unbranched alkanes of at least 4 members (excludes halogenated alkanes) is 2. The van der Waals surface area contributed by atoms with E-state index in [9.17, 15) is 9.90 Å². The number of nitrogens with zero attached hydrogens (tertiary/aromatic N) is 2. The van der Waals surface area contributed by atoms with Gasteiger partial charge < -0.3 is 20.3 Å². The van der Waals surface area contributed by atoms with Crippen LogP contribution >= 0.6 is 11.8 Å². The molecule has 1 aromatic heterocycles. The molecule has 26 heavy (non-hydrogen) atoms. The Hall–Kier alpha value is -1.09. The van der Waals surface area contributed by atoms with Crippen LogP contribution in [-0.2, 0) is 9.47 Å². The third-order valence-electron chi connectivity index (χ3n) is 4.54. The van der Waals surface area contributed by atoms with Crippen molar-refractivity contribution in [3.8, 4) is 0 Å². The van der Waals surface area contributed by atoms with E-state index in [1.807, 2.05) is 0 Å². The molecule has 8 heteroatoms. The van der Waals surface area contributed by atoms with Gasteiger partial charge in [-0.1, -0.05) is 26.7 Å². The minimum atomic E-state index is -1.22. The van der Waals surface area contributed by atoms with E-state index in [2.05, 4.69) is 18.8 Å². The number of nitrogen functional groups attached to an aromatic ring is 1. The Kier molecular flexibility index (Phi) is 7.94. The second kappa shape index (κ2) is 9.73. The Morgan fingerprint density at radius 1 is 1.35 bits per heavy atom. The molecule has 3 N–H and O–H groups in total. The molecular weight excluding hydrogens is 354 g/mol. The lowest BCUT2D eigenvalue weighted by molar-refractivity contribution is -0.106. The maximum Gasteiger partial charge on any atom is 0.350 e. The minimum Gasteiger partial charge on any atom is -0.384 e. The van der Waals surface area contributed by atoms with Crippen molar-refractivity contribution in [1.29, 1.82) is 0 Å². The lowest BCUT2D eigenvalue weighted by Gasteiger charge is -2.32. The van der Waals surface area contributed by atoms with Crippen molar-refractivity contribution in [2.24, 2.45) is 0 Å². The topological polar surface area (TPSA) is 99.6 Å². The van der Waals surface area contributed by atoms with Crippen LogP contribution < -0.4 is 11.4 Å². The van der Waals surface area contributed by atoms with E-state index >= 15 is 0 Å². The number of aliphatic hydroxyl groups is 1. The van der Waals surface area contributed by atoms with E-state index in [4.69, 9.17) is 15.2 Å². The van der Waals surface area contributed by atoms with Crippen molar-refractivity contribution in [2.45, 2.75) is 68.8 Å². The number of ether oxygens (including phenoxy) is 2. The Morgan fingerprint density at radius 3 is 2.69 bits per heavy atom. The molecule has 1 aliphatic rings. The highest BCUT2D eigenvalue weighted by atomic mass is 32.2. The molecule has 0 saturated carbocycles. The summed E-state index contributed by atoms with van der Waals surface area (Å²) in [6.45, 7) is 7.67. The second-order valence-corrected chi connectivity index (χ2v) is 8.19. The molecule has 4 atom stereocenters. The first-order valence-electron chi connectivity index (χ1n) is 9.33. The largest absolute Gasteiger partial charge is 0.384 e. The molecule has 1 saturated heterocycles. The van der Waals surface area contributed by atoms with Gasteiger partial charge in [-0.15, -0.1) is 11.8 Å². The van der Waals surface area contributed by atoms with Crippen molar-refractivity contribution in [3.63, 3.8) is 0 Å². The molecule has 0 radical (unpaired) electrons. The number of anilines is 1. The summed E-state index contributed by atoms with van der Waals surface area (Å²) in [7, 11) is 0. The lowest BCUT2D eigenvalue weighted by Crippen LogP contribution is -2.48. The molecule has 0 aliphatic carbocycles. The van der Waals surface area contributed by atoms with E-state index in [1.54, 1.807) is 19.2 Å². The average Bonchev–Trinajstić information content (AvgIpc) is 2.83. The Labute approximate surface area is 159 Å². The van der Waals surface area contributed by atoms with E-state index in [0.717, 1.165) is 25.7 Å². The summed E-state index contributed by atoms with van der Waals surface area (Å²) in [5.74, 6) is 0.170. The van der Waals surface area contributed by atoms with Gasteiger partial charge in [0.05, 0.1) is 11.9 Å². The van der Waals surface area contributed by atoms with Gasteiger partial charge in [-0.05, 0) is 25.8 Å². The second-order valence-electron chi connectivity index (χ2n) is 6.87. The molecule has 0 aromatic carbocycles. The van der Waals surface area contributed by atoms with Crippen LogP contribution in [0.15, 0.2) is 17.1 Å². The standard InChI is InChI=1S/C18H31N3O4S/c1-4-6-10-24-12-13-15(25-11-7-5-2)18(3,23)16(26-13)21-9-8-14(19)20-17(21)22/h8-9,13,15-16,23H,4-7,10-12H2,1-3H3,(H2,19,20,22)/t13-,15-,16-,18-/m1/s1. The van der Waals surface area contributed by atoms with Gasteiger partial charge in [0, 0.05) is 19.4 Å². The van der Waals surface area contributed by atoms with Gasteiger partial charge in [-0.3, -0.25) is 4.57 Å². The first-order chi connectivity index (χ1) is 12.4. The normalized spacial score (nSPS) is 28.5. The number of thioether (sulfide) groups is 1. The van der Waals surface area contributed by atoms with Crippen LogP contribution in [0.3, 0.4) is 0 Å². The average molecular weight is 386 g/mol. The maximum atomic E-state index is 12.3. The molecule has 0 spiro atoms. The van der Waals surface area contributed by atoms with Crippen molar-refractivity contribution in [3.05, 3.63) is 22.7 Å². The fourth-order valence-electron chi connectivity index (χ4n) is 3.05. The number of aromatic nitrogens is 2. The summed E-state index contributed by atoms with van der Waals surface area (Å²) in [5, 5.41) is 10.6. The summed E-state index contributed by atoms with van der Waals surface area (Å²) in [6, 6.07) is 1.57. The van der Waals surface area contributed by atoms with Gasteiger partial charge in [-0.25, -0.2) is 4.79 Å². The van der Waals surface area contributed by atoms with Crippen molar-refractivity contribution < 1.29 is 14.6 Å². The monoisotopic (exact) mass is 385 g/mol. The van der Waals surface area contributed by atoms with Gasteiger partial charge in [0.25, 0.3) is 0 Å². The zero-order valence-corrected chi connectivity index (χ0v) is 16.7. The van der Waals surface area contributed by atoms with Crippen molar-refractivity contribution in [1.82, 2.24) is 9.55 Å². The van der Waals surface area contributed by atoms with Crippen LogP contribution in [0.4, 0.5) is 5.82 Å². The van der Waals surface area contributed by atoms with Crippen LogP contribution in [0.2, 0.25) is 0 Å². The summed E-state index contributed by atoms with van der Waals surface area (Å²) in [6.07, 6.45) is 5.18. The van der Waals surface area contributed by atoms with Gasteiger partial charge in [0.15, 0.2) is 0 Å². The molecule has 0 unspecified atom stereocenters. The van der Waals surface area contributed by atoms with Crippen LogP contribution in [0, 0.1) is 0 Å². The minimum absolute atomic E-state index is 0.0619. The molecule has 7 nitrogen and oxygen atoms in total. The quantitative estimate of drug-likeness (QED) is 0.596. The number of hydrogen-bond acceptors (Lipinski definition) is 7. The first kappa shape index (κ1) is 21.2. The molecular formula is C18H31N3O4S. The molecule has 148 valence electrons. The fraction of sp³-hybridized carbons (Fsp3) is 0.778. The van der Waals surface area contributed by atoms with E-state index in [0.29, 0.717) is 19.8 Å².